The monoisotopic (exact) mass is 415 g/mol. The zero-order valence-corrected chi connectivity index (χ0v) is 18.0. The smallest absolute Gasteiger partial charge is 0.228 e. The van der Waals surface area contributed by atoms with Gasteiger partial charge in [0, 0.05) is 22.7 Å². The van der Waals surface area contributed by atoms with Gasteiger partial charge in [-0.1, -0.05) is 51.4 Å². The summed E-state index contributed by atoms with van der Waals surface area (Å²) in [6.07, 6.45) is 14.3. The molecule has 1 amide bonds. The topological polar surface area (TPSA) is 93.0 Å². The van der Waals surface area contributed by atoms with Crippen LogP contribution in [0.25, 0.3) is 0 Å². The summed E-state index contributed by atoms with van der Waals surface area (Å²) in [5.41, 5.74) is 1.70. The Kier molecular flexibility index (Phi) is 8.11. The van der Waals surface area contributed by atoms with Crippen molar-refractivity contribution < 1.29 is 14.7 Å². The fourth-order valence-corrected chi connectivity index (χ4v) is 6.01. The van der Waals surface area contributed by atoms with E-state index in [2.05, 4.69) is 11.4 Å². The van der Waals surface area contributed by atoms with Gasteiger partial charge in [-0.15, -0.1) is 11.3 Å². The molecule has 1 fully saturated rings. The van der Waals surface area contributed by atoms with Crippen LogP contribution in [-0.2, 0) is 22.4 Å². The molecule has 6 heteroatoms. The minimum absolute atomic E-state index is 0.271. The first kappa shape index (κ1) is 21.8. The van der Waals surface area contributed by atoms with Crippen molar-refractivity contribution in [3.05, 3.63) is 16.0 Å². The molecule has 2 atom stereocenters. The molecule has 1 N–H and O–H groups in total. The molecule has 0 aromatic carbocycles. The second-order valence-electron chi connectivity index (χ2n) is 8.45. The van der Waals surface area contributed by atoms with Gasteiger partial charge < -0.3 is 15.2 Å². The third-order valence-corrected chi connectivity index (χ3v) is 7.63. The van der Waals surface area contributed by atoms with Crippen LogP contribution in [-0.4, -0.2) is 11.9 Å². The number of anilines is 1. The zero-order valence-electron chi connectivity index (χ0n) is 17.1. The number of thiophene rings is 1. The first-order chi connectivity index (χ1) is 14.1. The number of hydrogen-bond acceptors (Lipinski definition) is 5. The van der Waals surface area contributed by atoms with Crippen LogP contribution in [0.5, 0.6) is 0 Å². The van der Waals surface area contributed by atoms with E-state index in [9.17, 15) is 20.0 Å². The van der Waals surface area contributed by atoms with Crippen molar-refractivity contribution >= 4 is 28.2 Å². The van der Waals surface area contributed by atoms with Crippen LogP contribution in [0.3, 0.4) is 0 Å². The molecule has 0 bridgehead atoms. The Bertz CT molecular complexity index is 765. The summed E-state index contributed by atoms with van der Waals surface area (Å²) in [6.45, 7) is 0. The van der Waals surface area contributed by atoms with Crippen LogP contribution in [0.1, 0.15) is 93.1 Å². The summed E-state index contributed by atoms with van der Waals surface area (Å²) >= 11 is 1.52. The number of hydrogen-bond donors (Lipinski definition) is 1. The molecule has 1 aromatic rings. The molecular weight excluding hydrogens is 384 g/mol. The number of rotatable bonds is 3. The van der Waals surface area contributed by atoms with Crippen molar-refractivity contribution in [3.8, 4) is 6.07 Å². The average Bonchev–Trinajstić information content (AvgIpc) is 3.03. The third-order valence-electron chi connectivity index (χ3n) is 6.43. The van der Waals surface area contributed by atoms with Crippen molar-refractivity contribution in [1.29, 1.82) is 5.26 Å². The van der Waals surface area contributed by atoms with Gasteiger partial charge in [0.05, 0.1) is 5.56 Å². The number of nitrogens with zero attached hydrogens (tertiary/aromatic N) is 1. The zero-order chi connectivity index (χ0) is 20.6. The van der Waals surface area contributed by atoms with E-state index in [0.29, 0.717) is 23.4 Å². The number of carboxylic acid groups (broad SMARTS) is 1. The van der Waals surface area contributed by atoms with E-state index in [1.165, 1.54) is 54.7 Å². The van der Waals surface area contributed by atoms with Crippen LogP contribution in [0, 0.1) is 23.2 Å². The van der Waals surface area contributed by atoms with E-state index in [0.717, 1.165) is 44.1 Å². The second kappa shape index (κ2) is 10.8. The van der Waals surface area contributed by atoms with E-state index in [4.69, 9.17) is 0 Å². The number of aryl methyl sites for hydroxylation is 1. The van der Waals surface area contributed by atoms with Crippen molar-refractivity contribution in [2.24, 2.45) is 11.8 Å². The molecule has 158 valence electrons. The van der Waals surface area contributed by atoms with Crippen LogP contribution >= 0.6 is 11.3 Å². The highest BCUT2D eigenvalue weighted by molar-refractivity contribution is 7.16. The minimum Gasteiger partial charge on any atom is -0.550 e. The number of nitriles is 1. The second-order valence-corrected chi connectivity index (χ2v) is 9.56. The van der Waals surface area contributed by atoms with Gasteiger partial charge in [0.2, 0.25) is 5.91 Å². The van der Waals surface area contributed by atoms with Crippen molar-refractivity contribution in [2.45, 2.75) is 89.9 Å². The summed E-state index contributed by atoms with van der Waals surface area (Å²) < 4.78 is 0. The maximum absolute atomic E-state index is 12.9. The van der Waals surface area contributed by atoms with Gasteiger partial charge in [-0.2, -0.15) is 5.26 Å². The molecule has 1 saturated carbocycles. The van der Waals surface area contributed by atoms with Gasteiger partial charge in [0.1, 0.15) is 11.1 Å². The molecule has 1 aromatic heterocycles. The van der Waals surface area contributed by atoms with Crippen LogP contribution < -0.4 is 10.4 Å². The first-order valence-electron chi connectivity index (χ1n) is 11.2. The van der Waals surface area contributed by atoms with E-state index in [-0.39, 0.29) is 5.91 Å². The number of carboxylic acids is 1. The molecule has 0 unspecified atom stereocenters. The van der Waals surface area contributed by atoms with Gasteiger partial charge in [-0.3, -0.25) is 4.79 Å². The molecule has 5 nitrogen and oxygen atoms in total. The molecule has 3 rings (SSSR count). The Labute approximate surface area is 177 Å². The molecule has 2 aliphatic rings. The Hall–Kier alpha value is -1.87. The predicted molar refractivity (Wildman–Crippen MR) is 112 cm³/mol. The highest BCUT2D eigenvalue weighted by Crippen LogP contribution is 2.37. The summed E-state index contributed by atoms with van der Waals surface area (Å²) in [5, 5.41) is 24.8. The Morgan fingerprint density at radius 3 is 2.10 bits per heavy atom. The summed E-state index contributed by atoms with van der Waals surface area (Å²) in [7, 11) is 0. The lowest BCUT2D eigenvalue weighted by atomic mass is 9.79. The lowest BCUT2D eigenvalue weighted by molar-refractivity contribution is -0.313. The van der Waals surface area contributed by atoms with Crippen molar-refractivity contribution in [2.75, 3.05) is 5.32 Å². The molecule has 0 aliphatic heterocycles. The van der Waals surface area contributed by atoms with Gasteiger partial charge >= 0.3 is 0 Å². The quantitative estimate of drug-likeness (QED) is 0.795. The van der Waals surface area contributed by atoms with Gasteiger partial charge in [-0.05, 0) is 44.1 Å². The summed E-state index contributed by atoms with van der Waals surface area (Å²) in [5.74, 6) is -2.70. The average molecular weight is 416 g/mol. The van der Waals surface area contributed by atoms with Crippen molar-refractivity contribution in [1.82, 2.24) is 0 Å². The SMILES string of the molecule is N#Cc1c(NC(=O)[C@H]2CCCC[C@@H]2C(=O)[O-])sc2c1CCCCCCCCCC2. The number of nitrogens with one attached hydrogen (secondary N) is 1. The fraction of sp³-hybridized carbons (Fsp3) is 0.696. The highest BCUT2D eigenvalue weighted by atomic mass is 32.1. The molecule has 0 saturated heterocycles. The molecule has 0 radical (unpaired) electrons. The van der Waals surface area contributed by atoms with Gasteiger partial charge in [-0.25, -0.2) is 0 Å². The standard InChI is InChI=1S/C23H32N2O3S/c24-15-19-16-11-7-5-3-1-2-4-6-8-14-20(16)29-22(19)25-21(26)17-12-9-10-13-18(17)23(27)28/h17-18H,1-14H2,(H,25,26)(H,27,28)/p-1/t17-,18-/m0/s1. The molecule has 1 heterocycles. The lowest BCUT2D eigenvalue weighted by Crippen LogP contribution is -2.42. The summed E-state index contributed by atoms with van der Waals surface area (Å²) in [4.78, 5) is 25.6. The number of fused-ring (bicyclic) bond motifs is 1. The molecule has 0 spiro atoms. The lowest BCUT2D eigenvalue weighted by Gasteiger charge is -2.31. The van der Waals surface area contributed by atoms with E-state index in [1.807, 2.05) is 0 Å². The van der Waals surface area contributed by atoms with Gasteiger partial charge in [0.25, 0.3) is 0 Å². The Balaban J connectivity index is 1.79. The highest BCUT2D eigenvalue weighted by Gasteiger charge is 2.32. The fourth-order valence-electron chi connectivity index (χ4n) is 4.76. The number of aliphatic carboxylic acids is 1. The number of carbonyl (C=O) groups is 2. The molecule has 2 aliphatic carbocycles. The van der Waals surface area contributed by atoms with E-state index >= 15 is 0 Å². The van der Waals surface area contributed by atoms with Crippen LogP contribution in [0.4, 0.5) is 5.00 Å². The van der Waals surface area contributed by atoms with E-state index in [1.54, 1.807) is 0 Å². The third kappa shape index (κ3) is 5.60. The number of carbonyl (C=O) groups excluding carboxylic acids is 2. The minimum atomic E-state index is -1.14. The van der Waals surface area contributed by atoms with E-state index < -0.39 is 17.8 Å². The normalized spacial score (nSPS) is 23.7. The predicted octanol–water partition coefficient (Wildman–Crippen LogP) is 4.33. The van der Waals surface area contributed by atoms with Gasteiger partial charge in [0.15, 0.2) is 0 Å². The Morgan fingerprint density at radius 2 is 1.48 bits per heavy atom. The largest absolute Gasteiger partial charge is 0.550 e. The molecule has 29 heavy (non-hydrogen) atoms. The van der Waals surface area contributed by atoms with Crippen molar-refractivity contribution in [3.63, 3.8) is 0 Å². The molecular formula is C23H31N2O3S-. The summed E-state index contributed by atoms with van der Waals surface area (Å²) in [6, 6.07) is 2.33. The van der Waals surface area contributed by atoms with Crippen LogP contribution in [0.2, 0.25) is 0 Å². The van der Waals surface area contributed by atoms with Crippen LogP contribution in [0.15, 0.2) is 0 Å². The maximum Gasteiger partial charge on any atom is 0.228 e. The maximum atomic E-state index is 12.9. The first-order valence-corrected chi connectivity index (χ1v) is 12.0. The number of amides is 1. The Morgan fingerprint density at radius 1 is 0.897 bits per heavy atom.